The van der Waals surface area contributed by atoms with Gasteiger partial charge in [-0.25, -0.2) is 0 Å². The maximum Gasteiger partial charge on any atom is 0.164 e. The van der Waals surface area contributed by atoms with Gasteiger partial charge in [-0.3, -0.25) is 14.4 Å². The molecule has 101 valence electrons. The van der Waals surface area contributed by atoms with Gasteiger partial charge in [0.1, 0.15) is 0 Å². The number of carbonyl (C=O) groups excluding carboxylic acids is 3. The van der Waals surface area contributed by atoms with E-state index in [0.717, 1.165) is 0 Å². The standard InChI is InChI=1S/C16H19O3/c1-5-13(17)11-8-10(4)9-12(14(18)6-2)16(11)15(19)7-3/h8-9H,4-7H2,1-3H3. The maximum absolute atomic E-state index is 12.1. The van der Waals surface area contributed by atoms with Crippen molar-refractivity contribution in [1.82, 2.24) is 0 Å². The van der Waals surface area contributed by atoms with Crippen LogP contribution in [0, 0.1) is 6.92 Å². The smallest absolute Gasteiger partial charge is 0.164 e. The molecule has 3 nitrogen and oxygen atoms in total. The monoisotopic (exact) mass is 259 g/mol. The number of hydrogen-bond acceptors (Lipinski definition) is 3. The van der Waals surface area contributed by atoms with E-state index in [1.807, 2.05) is 0 Å². The molecule has 0 N–H and O–H groups in total. The molecule has 0 fully saturated rings. The Labute approximate surface area is 114 Å². The highest BCUT2D eigenvalue weighted by molar-refractivity contribution is 6.15. The molecule has 0 aliphatic rings. The molecule has 1 rings (SSSR count). The summed E-state index contributed by atoms with van der Waals surface area (Å²) in [7, 11) is 0. The Balaban J connectivity index is 3.62. The zero-order chi connectivity index (χ0) is 14.6. The van der Waals surface area contributed by atoms with Gasteiger partial charge < -0.3 is 0 Å². The van der Waals surface area contributed by atoms with E-state index in [9.17, 15) is 14.4 Å². The lowest BCUT2D eigenvalue weighted by atomic mass is 9.89. The lowest BCUT2D eigenvalue weighted by Gasteiger charge is -2.13. The number of Topliss-reactive ketones (excluding diaryl/α,β-unsaturated/α-hetero) is 3. The molecule has 0 amide bonds. The summed E-state index contributed by atoms with van der Waals surface area (Å²) in [5.74, 6) is -0.437. The fourth-order valence-corrected chi connectivity index (χ4v) is 2.00. The Morgan fingerprint density at radius 2 is 1.21 bits per heavy atom. The molecule has 0 aliphatic carbocycles. The van der Waals surface area contributed by atoms with E-state index in [1.165, 1.54) is 0 Å². The van der Waals surface area contributed by atoms with Crippen LogP contribution in [0.5, 0.6) is 0 Å². The topological polar surface area (TPSA) is 51.2 Å². The number of hydrogen-bond donors (Lipinski definition) is 0. The minimum atomic E-state index is -0.173. The van der Waals surface area contributed by atoms with Gasteiger partial charge in [0.15, 0.2) is 17.3 Å². The van der Waals surface area contributed by atoms with Crippen LogP contribution in [0.25, 0.3) is 0 Å². The van der Waals surface area contributed by atoms with Crippen molar-refractivity contribution in [3.63, 3.8) is 0 Å². The van der Waals surface area contributed by atoms with Crippen molar-refractivity contribution in [2.45, 2.75) is 40.0 Å². The first-order valence-electron chi connectivity index (χ1n) is 6.55. The van der Waals surface area contributed by atoms with Crippen molar-refractivity contribution in [2.75, 3.05) is 0 Å². The van der Waals surface area contributed by atoms with Crippen LogP contribution in [-0.4, -0.2) is 17.3 Å². The molecule has 0 unspecified atom stereocenters. The van der Waals surface area contributed by atoms with Crippen molar-refractivity contribution >= 4 is 17.3 Å². The van der Waals surface area contributed by atoms with Crippen molar-refractivity contribution in [3.8, 4) is 0 Å². The molecule has 1 aromatic rings. The number of carbonyl (C=O) groups is 3. The van der Waals surface area contributed by atoms with E-state index < -0.39 is 0 Å². The van der Waals surface area contributed by atoms with Crippen LogP contribution >= 0.6 is 0 Å². The lowest BCUT2D eigenvalue weighted by Crippen LogP contribution is -2.15. The summed E-state index contributed by atoms with van der Waals surface area (Å²) in [6.07, 6.45) is 0.866. The summed E-state index contributed by atoms with van der Waals surface area (Å²) in [4.78, 5) is 36.0. The van der Waals surface area contributed by atoms with Gasteiger partial charge in [0.05, 0.1) is 0 Å². The maximum atomic E-state index is 12.1. The van der Waals surface area contributed by atoms with Crippen LogP contribution in [0.1, 0.15) is 76.7 Å². The molecule has 0 saturated heterocycles. The number of benzene rings is 1. The molecule has 1 radical (unpaired) electrons. The molecule has 19 heavy (non-hydrogen) atoms. The second-order valence-electron chi connectivity index (χ2n) is 4.40. The molecule has 0 spiro atoms. The van der Waals surface area contributed by atoms with E-state index in [-0.39, 0.29) is 29.3 Å². The van der Waals surface area contributed by atoms with Gasteiger partial charge in [-0.05, 0) is 24.6 Å². The van der Waals surface area contributed by atoms with Gasteiger partial charge in [-0.1, -0.05) is 20.8 Å². The van der Waals surface area contributed by atoms with Crippen LogP contribution in [0.4, 0.5) is 0 Å². The third kappa shape index (κ3) is 3.16. The summed E-state index contributed by atoms with van der Waals surface area (Å²) in [5, 5.41) is 0. The van der Waals surface area contributed by atoms with Gasteiger partial charge in [0, 0.05) is 36.0 Å². The van der Waals surface area contributed by atoms with Crippen molar-refractivity contribution in [3.05, 3.63) is 41.3 Å². The predicted octanol–water partition coefficient (Wildman–Crippen LogP) is 3.65. The van der Waals surface area contributed by atoms with Gasteiger partial charge >= 0.3 is 0 Å². The minimum absolute atomic E-state index is 0.132. The van der Waals surface area contributed by atoms with E-state index in [4.69, 9.17) is 0 Å². The van der Waals surface area contributed by atoms with E-state index in [1.54, 1.807) is 32.9 Å². The Morgan fingerprint density at radius 3 is 1.53 bits per heavy atom. The minimum Gasteiger partial charge on any atom is -0.294 e. The second kappa shape index (κ2) is 6.41. The molecular formula is C16H19O3. The summed E-state index contributed by atoms with van der Waals surface area (Å²) in [6.45, 7) is 8.98. The van der Waals surface area contributed by atoms with E-state index in [0.29, 0.717) is 29.5 Å². The first-order valence-corrected chi connectivity index (χ1v) is 6.55. The second-order valence-corrected chi connectivity index (χ2v) is 4.40. The number of rotatable bonds is 6. The predicted molar refractivity (Wildman–Crippen MR) is 74.8 cm³/mol. The quantitative estimate of drug-likeness (QED) is 0.733. The van der Waals surface area contributed by atoms with Crippen molar-refractivity contribution in [2.24, 2.45) is 0 Å². The molecule has 0 aliphatic heterocycles. The summed E-state index contributed by atoms with van der Waals surface area (Å²) in [6, 6.07) is 3.20. The Morgan fingerprint density at radius 1 is 0.842 bits per heavy atom. The zero-order valence-electron chi connectivity index (χ0n) is 11.7. The van der Waals surface area contributed by atoms with Crippen LogP contribution in [0.2, 0.25) is 0 Å². The third-order valence-electron chi connectivity index (χ3n) is 3.04. The van der Waals surface area contributed by atoms with Crippen molar-refractivity contribution in [1.29, 1.82) is 0 Å². The molecule has 3 heteroatoms. The largest absolute Gasteiger partial charge is 0.294 e. The van der Waals surface area contributed by atoms with Crippen LogP contribution in [0.3, 0.4) is 0 Å². The molecule has 0 bridgehead atoms. The van der Waals surface area contributed by atoms with E-state index >= 15 is 0 Å². The summed E-state index contributed by atoms with van der Waals surface area (Å²) >= 11 is 0. The highest BCUT2D eigenvalue weighted by atomic mass is 16.1. The van der Waals surface area contributed by atoms with Gasteiger partial charge in [0.25, 0.3) is 0 Å². The highest BCUT2D eigenvalue weighted by Gasteiger charge is 2.22. The van der Waals surface area contributed by atoms with Crippen LogP contribution in [0.15, 0.2) is 12.1 Å². The van der Waals surface area contributed by atoms with E-state index in [2.05, 4.69) is 6.92 Å². The molecule has 0 atom stereocenters. The Kier molecular flexibility index (Phi) is 5.16. The molecular weight excluding hydrogens is 240 g/mol. The fourth-order valence-electron chi connectivity index (χ4n) is 2.00. The van der Waals surface area contributed by atoms with Crippen LogP contribution in [-0.2, 0) is 0 Å². The normalized spacial score (nSPS) is 10.3. The lowest BCUT2D eigenvalue weighted by molar-refractivity contribution is 0.0942. The fraction of sp³-hybridized carbons (Fsp3) is 0.375. The number of ketones is 3. The average Bonchev–Trinajstić information content (AvgIpc) is 2.43. The molecule has 0 saturated carbocycles. The molecule has 1 aromatic carbocycles. The zero-order valence-corrected chi connectivity index (χ0v) is 11.7. The van der Waals surface area contributed by atoms with Gasteiger partial charge in [-0.2, -0.15) is 0 Å². The van der Waals surface area contributed by atoms with Crippen LogP contribution < -0.4 is 0 Å². The van der Waals surface area contributed by atoms with Gasteiger partial charge in [0.2, 0.25) is 0 Å². The first kappa shape index (κ1) is 15.3. The highest BCUT2D eigenvalue weighted by Crippen LogP contribution is 2.22. The Hall–Kier alpha value is -1.77. The van der Waals surface area contributed by atoms with Gasteiger partial charge in [-0.15, -0.1) is 0 Å². The third-order valence-corrected chi connectivity index (χ3v) is 3.04. The van der Waals surface area contributed by atoms with Crippen molar-refractivity contribution < 1.29 is 14.4 Å². The summed E-state index contributed by atoms with van der Waals surface area (Å²) in [5.41, 5.74) is 1.52. The Bertz CT molecular complexity index is 490. The summed E-state index contributed by atoms with van der Waals surface area (Å²) < 4.78 is 0. The molecule has 0 heterocycles. The SMILES string of the molecule is [CH2]c1cc(C(=O)CC)c(C(=O)CC)c(C(=O)CC)c1. The average molecular weight is 259 g/mol. The molecule has 0 aromatic heterocycles. The first-order chi connectivity index (χ1) is 8.96.